The second-order valence-corrected chi connectivity index (χ2v) is 6.17. The molecule has 1 aromatic heterocycles. The molecule has 1 aromatic rings. The van der Waals surface area contributed by atoms with Crippen LogP contribution in [0.15, 0.2) is 18.5 Å². The van der Waals surface area contributed by atoms with Gasteiger partial charge in [-0.25, -0.2) is 4.79 Å². The fraction of sp³-hybridized carbons (Fsp3) is 0.562. The molecule has 1 amide bonds. The van der Waals surface area contributed by atoms with E-state index in [2.05, 4.69) is 4.98 Å². The van der Waals surface area contributed by atoms with Gasteiger partial charge in [-0.15, -0.1) is 0 Å². The van der Waals surface area contributed by atoms with E-state index in [0.717, 1.165) is 11.1 Å². The number of nitrogens with zero attached hydrogens (tertiary/aromatic N) is 2. The normalized spacial score (nSPS) is 27.0. The summed E-state index contributed by atoms with van der Waals surface area (Å²) in [5.74, 6) is -1.05. The summed E-state index contributed by atoms with van der Waals surface area (Å²) in [5, 5.41) is 9.44. The van der Waals surface area contributed by atoms with Crippen molar-refractivity contribution < 1.29 is 19.4 Å². The Hall–Kier alpha value is -1.95. The van der Waals surface area contributed by atoms with Crippen molar-refractivity contribution in [2.24, 2.45) is 5.92 Å². The Morgan fingerprint density at radius 2 is 2.32 bits per heavy atom. The van der Waals surface area contributed by atoms with Crippen LogP contribution in [-0.2, 0) is 20.7 Å². The van der Waals surface area contributed by atoms with Gasteiger partial charge in [0.05, 0.1) is 6.54 Å². The fourth-order valence-corrected chi connectivity index (χ4v) is 3.42. The Bertz CT molecular complexity index is 604. The predicted octanol–water partition coefficient (Wildman–Crippen LogP) is 1.02. The first-order valence-electron chi connectivity index (χ1n) is 7.57. The molecule has 0 aromatic carbocycles. The van der Waals surface area contributed by atoms with Crippen LogP contribution in [0, 0.1) is 12.8 Å². The molecule has 3 rings (SSSR count). The summed E-state index contributed by atoms with van der Waals surface area (Å²) in [5.41, 5.74) is 0.913. The molecule has 22 heavy (non-hydrogen) atoms. The summed E-state index contributed by atoms with van der Waals surface area (Å²) in [6.07, 6.45) is 5.24. The van der Waals surface area contributed by atoms with E-state index in [1.54, 1.807) is 17.3 Å². The van der Waals surface area contributed by atoms with Gasteiger partial charge < -0.3 is 14.7 Å². The minimum Gasteiger partial charge on any atom is -0.479 e. The zero-order valence-corrected chi connectivity index (χ0v) is 12.6. The molecule has 2 fully saturated rings. The van der Waals surface area contributed by atoms with E-state index in [1.807, 2.05) is 13.0 Å². The van der Waals surface area contributed by atoms with Crippen molar-refractivity contribution >= 4 is 11.9 Å². The van der Waals surface area contributed by atoms with Crippen molar-refractivity contribution in [3.63, 3.8) is 0 Å². The summed E-state index contributed by atoms with van der Waals surface area (Å²) in [6.45, 7) is 3.08. The van der Waals surface area contributed by atoms with Crippen LogP contribution in [0.2, 0.25) is 0 Å². The van der Waals surface area contributed by atoms with E-state index in [4.69, 9.17) is 4.74 Å². The standard InChI is InChI=1S/C16H20N2O4/c1-11-6-12(8-17-7-11)2-3-14(19)18-9-13-4-5-22-16(13,10-18)15(20)21/h6-8,13H,2-5,9-10H2,1H3,(H,20,21)/t13-,16+/m0/s1. The van der Waals surface area contributed by atoms with Crippen LogP contribution in [0.1, 0.15) is 24.0 Å². The van der Waals surface area contributed by atoms with Gasteiger partial charge in [-0.1, -0.05) is 6.07 Å². The van der Waals surface area contributed by atoms with Gasteiger partial charge in [0.15, 0.2) is 5.60 Å². The van der Waals surface area contributed by atoms with E-state index in [0.29, 0.717) is 32.4 Å². The van der Waals surface area contributed by atoms with E-state index in [-0.39, 0.29) is 18.4 Å². The lowest BCUT2D eigenvalue weighted by Gasteiger charge is -2.23. The molecule has 0 bridgehead atoms. The van der Waals surface area contributed by atoms with Gasteiger partial charge in [-0.05, 0) is 30.9 Å². The molecule has 6 nitrogen and oxygen atoms in total. The first-order chi connectivity index (χ1) is 10.5. The second kappa shape index (κ2) is 5.68. The number of hydrogen-bond donors (Lipinski definition) is 1. The maximum Gasteiger partial charge on any atom is 0.338 e. The number of carboxylic acids is 1. The number of fused-ring (bicyclic) bond motifs is 1. The van der Waals surface area contributed by atoms with Gasteiger partial charge in [0.2, 0.25) is 5.91 Å². The van der Waals surface area contributed by atoms with E-state index in [9.17, 15) is 14.7 Å². The Morgan fingerprint density at radius 3 is 3.00 bits per heavy atom. The monoisotopic (exact) mass is 304 g/mol. The third-order valence-electron chi connectivity index (χ3n) is 4.63. The van der Waals surface area contributed by atoms with Crippen LogP contribution >= 0.6 is 0 Å². The average molecular weight is 304 g/mol. The highest BCUT2D eigenvalue weighted by Crippen LogP contribution is 2.39. The summed E-state index contributed by atoms with van der Waals surface area (Å²) >= 11 is 0. The Balaban J connectivity index is 1.61. The minimum absolute atomic E-state index is 0.0138. The molecule has 3 heterocycles. The molecule has 0 saturated carbocycles. The molecule has 2 aliphatic heterocycles. The molecule has 2 atom stereocenters. The zero-order chi connectivity index (χ0) is 15.7. The minimum atomic E-state index is -1.18. The Morgan fingerprint density at radius 1 is 1.50 bits per heavy atom. The lowest BCUT2D eigenvalue weighted by molar-refractivity contribution is -0.161. The highest BCUT2D eigenvalue weighted by atomic mass is 16.5. The van der Waals surface area contributed by atoms with Gasteiger partial charge in [0, 0.05) is 37.9 Å². The van der Waals surface area contributed by atoms with Crippen LogP contribution in [0.5, 0.6) is 0 Å². The van der Waals surface area contributed by atoms with Crippen LogP contribution in [-0.4, -0.2) is 52.2 Å². The summed E-state index contributed by atoms with van der Waals surface area (Å²) < 4.78 is 5.48. The van der Waals surface area contributed by atoms with Crippen LogP contribution < -0.4 is 0 Å². The number of amides is 1. The number of rotatable bonds is 4. The Labute approximate surface area is 129 Å². The number of carbonyl (C=O) groups is 2. The average Bonchev–Trinajstić information content (AvgIpc) is 3.02. The quantitative estimate of drug-likeness (QED) is 0.898. The van der Waals surface area contributed by atoms with Crippen molar-refractivity contribution in [2.75, 3.05) is 19.7 Å². The number of pyridine rings is 1. The van der Waals surface area contributed by atoms with Crippen LogP contribution in [0.25, 0.3) is 0 Å². The molecule has 118 valence electrons. The predicted molar refractivity (Wildman–Crippen MR) is 78.3 cm³/mol. The van der Waals surface area contributed by atoms with Gasteiger partial charge in [-0.2, -0.15) is 0 Å². The maximum absolute atomic E-state index is 12.4. The molecule has 0 radical (unpaired) electrons. The molecule has 0 aliphatic carbocycles. The maximum atomic E-state index is 12.4. The molecule has 2 saturated heterocycles. The van der Waals surface area contributed by atoms with Crippen LogP contribution in [0.3, 0.4) is 0 Å². The lowest BCUT2D eigenvalue weighted by Crippen LogP contribution is -2.45. The molecular weight excluding hydrogens is 284 g/mol. The molecular formula is C16H20N2O4. The van der Waals surface area contributed by atoms with Crippen LogP contribution in [0.4, 0.5) is 0 Å². The third-order valence-corrected chi connectivity index (χ3v) is 4.63. The largest absolute Gasteiger partial charge is 0.479 e. The number of carbonyl (C=O) groups excluding carboxylic acids is 1. The van der Waals surface area contributed by atoms with Gasteiger partial charge in [-0.3, -0.25) is 9.78 Å². The Kier molecular flexibility index (Phi) is 3.87. The van der Waals surface area contributed by atoms with E-state index < -0.39 is 11.6 Å². The summed E-state index contributed by atoms with van der Waals surface area (Å²) in [4.78, 5) is 29.6. The number of aromatic nitrogens is 1. The highest BCUT2D eigenvalue weighted by Gasteiger charge is 2.57. The number of aliphatic carboxylic acids is 1. The van der Waals surface area contributed by atoms with Crippen molar-refractivity contribution in [1.29, 1.82) is 0 Å². The van der Waals surface area contributed by atoms with Gasteiger partial charge >= 0.3 is 5.97 Å². The van der Waals surface area contributed by atoms with Crippen molar-refractivity contribution in [3.8, 4) is 0 Å². The van der Waals surface area contributed by atoms with Crippen molar-refractivity contribution in [3.05, 3.63) is 29.6 Å². The molecule has 2 aliphatic rings. The number of aryl methyl sites for hydroxylation is 2. The number of likely N-dealkylation sites (tertiary alicyclic amines) is 1. The lowest BCUT2D eigenvalue weighted by atomic mass is 9.91. The SMILES string of the molecule is Cc1cncc(CCC(=O)N2C[C@@H]3CCO[C@]3(C(=O)O)C2)c1. The van der Waals surface area contributed by atoms with Gasteiger partial charge in [0.1, 0.15) is 0 Å². The molecule has 0 spiro atoms. The highest BCUT2D eigenvalue weighted by molar-refractivity contribution is 5.83. The topological polar surface area (TPSA) is 79.7 Å². The van der Waals surface area contributed by atoms with Gasteiger partial charge in [0.25, 0.3) is 0 Å². The smallest absolute Gasteiger partial charge is 0.338 e. The fourth-order valence-electron chi connectivity index (χ4n) is 3.42. The number of ether oxygens (including phenoxy) is 1. The molecule has 0 unspecified atom stereocenters. The molecule has 1 N–H and O–H groups in total. The number of hydrogen-bond acceptors (Lipinski definition) is 4. The summed E-state index contributed by atoms with van der Waals surface area (Å²) in [7, 11) is 0. The van der Waals surface area contributed by atoms with E-state index >= 15 is 0 Å². The van der Waals surface area contributed by atoms with Crippen molar-refractivity contribution in [2.45, 2.75) is 31.8 Å². The zero-order valence-electron chi connectivity index (χ0n) is 12.6. The van der Waals surface area contributed by atoms with Crippen molar-refractivity contribution in [1.82, 2.24) is 9.88 Å². The first-order valence-corrected chi connectivity index (χ1v) is 7.57. The second-order valence-electron chi connectivity index (χ2n) is 6.17. The summed E-state index contributed by atoms with van der Waals surface area (Å²) in [6, 6.07) is 2.01. The van der Waals surface area contributed by atoms with E-state index in [1.165, 1.54) is 0 Å². The third kappa shape index (κ3) is 2.59. The molecule has 6 heteroatoms. The first kappa shape index (κ1) is 15.0. The number of carboxylic acid groups (broad SMARTS) is 1.